The fourth-order valence-corrected chi connectivity index (χ4v) is 3.56. The largest absolute Gasteiger partial charge is 0.504 e. The molecule has 0 spiro atoms. The molecular formula is C17H21ClN2O3S. The number of amides is 1. The van der Waals surface area contributed by atoms with E-state index in [-0.39, 0.29) is 24.1 Å². The van der Waals surface area contributed by atoms with Gasteiger partial charge in [0.15, 0.2) is 11.5 Å². The highest BCUT2D eigenvalue weighted by Gasteiger charge is 2.22. The average molecular weight is 369 g/mol. The van der Waals surface area contributed by atoms with Crippen LogP contribution in [0.1, 0.15) is 10.4 Å². The van der Waals surface area contributed by atoms with E-state index >= 15 is 0 Å². The Balaban J connectivity index is 0.00000208. The molecule has 2 aromatic rings. The van der Waals surface area contributed by atoms with Crippen LogP contribution < -0.4 is 10.1 Å². The lowest BCUT2D eigenvalue weighted by Gasteiger charge is -2.19. The number of carbonyl (C=O) groups excluding carboxylic acids is 1. The molecule has 1 aliphatic rings. The van der Waals surface area contributed by atoms with Crippen LogP contribution in [0.3, 0.4) is 0 Å². The number of nitrogens with one attached hydrogen (secondary N) is 1. The van der Waals surface area contributed by atoms with Gasteiger partial charge in [-0.25, -0.2) is 0 Å². The second-order valence-electron chi connectivity index (χ2n) is 5.59. The number of nitrogens with zero attached hydrogens (tertiary/aromatic N) is 1. The SMILES string of the molecule is CNCC(=O)N1CCOc2c(O)cc(-c3ccc(C)s3)cc2C1.Cl. The minimum absolute atomic E-state index is 0. The molecule has 2 heterocycles. The van der Waals surface area contributed by atoms with Gasteiger partial charge < -0.3 is 20.1 Å². The van der Waals surface area contributed by atoms with E-state index in [1.54, 1.807) is 29.4 Å². The first-order valence-corrected chi connectivity index (χ1v) is 8.38. The van der Waals surface area contributed by atoms with Gasteiger partial charge in [-0.3, -0.25) is 4.79 Å². The summed E-state index contributed by atoms with van der Waals surface area (Å²) in [6.07, 6.45) is 0. The molecule has 7 heteroatoms. The molecule has 130 valence electrons. The molecule has 1 aromatic carbocycles. The van der Waals surface area contributed by atoms with Crippen LogP contribution in [0, 0.1) is 6.92 Å². The normalized spacial score (nSPS) is 13.5. The van der Waals surface area contributed by atoms with Crippen molar-refractivity contribution >= 4 is 29.7 Å². The van der Waals surface area contributed by atoms with Crippen molar-refractivity contribution in [1.82, 2.24) is 10.2 Å². The second kappa shape index (κ2) is 7.88. The zero-order chi connectivity index (χ0) is 16.4. The van der Waals surface area contributed by atoms with Gasteiger partial charge in [0.1, 0.15) is 6.61 Å². The van der Waals surface area contributed by atoms with Gasteiger partial charge in [-0.05, 0) is 43.8 Å². The highest BCUT2D eigenvalue weighted by Crippen LogP contribution is 2.39. The molecule has 0 unspecified atom stereocenters. The molecule has 5 nitrogen and oxygen atoms in total. The Hall–Kier alpha value is -1.76. The lowest BCUT2D eigenvalue weighted by Crippen LogP contribution is -2.37. The molecule has 0 radical (unpaired) electrons. The predicted molar refractivity (Wildman–Crippen MR) is 98.2 cm³/mol. The number of hydrogen-bond acceptors (Lipinski definition) is 5. The molecule has 0 aliphatic carbocycles. The maximum absolute atomic E-state index is 12.2. The minimum atomic E-state index is 0. The highest BCUT2D eigenvalue weighted by atomic mass is 35.5. The van der Waals surface area contributed by atoms with E-state index in [0.29, 0.717) is 32.0 Å². The van der Waals surface area contributed by atoms with Gasteiger partial charge in [0, 0.05) is 21.9 Å². The fourth-order valence-electron chi connectivity index (χ4n) is 2.71. The number of likely N-dealkylation sites (N-methyl/N-ethyl adjacent to an activating group) is 1. The number of carbonyl (C=O) groups is 1. The zero-order valence-corrected chi connectivity index (χ0v) is 15.3. The molecule has 0 atom stereocenters. The quantitative estimate of drug-likeness (QED) is 0.874. The van der Waals surface area contributed by atoms with Gasteiger partial charge in [-0.1, -0.05) is 0 Å². The number of thiophene rings is 1. The number of phenolic OH excluding ortho intramolecular Hbond substituents is 1. The van der Waals surface area contributed by atoms with E-state index < -0.39 is 0 Å². The molecule has 3 rings (SSSR count). The summed E-state index contributed by atoms with van der Waals surface area (Å²) in [5, 5.41) is 13.2. The lowest BCUT2D eigenvalue weighted by molar-refractivity contribution is -0.130. The Morgan fingerprint density at radius 1 is 1.42 bits per heavy atom. The topological polar surface area (TPSA) is 61.8 Å². The van der Waals surface area contributed by atoms with Crippen LogP contribution in [0.25, 0.3) is 10.4 Å². The van der Waals surface area contributed by atoms with E-state index in [2.05, 4.69) is 18.3 Å². The molecule has 0 bridgehead atoms. The Kier molecular flexibility index (Phi) is 6.10. The zero-order valence-electron chi connectivity index (χ0n) is 13.7. The van der Waals surface area contributed by atoms with Gasteiger partial charge in [-0.15, -0.1) is 23.7 Å². The first-order chi connectivity index (χ1) is 11.1. The van der Waals surface area contributed by atoms with Gasteiger partial charge in [0.25, 0.3) is 0 Å². The van der Waals surface area contributed by atoms with E-state index in [1.165, 1.54) is 4.88 Å². The molecule has 0 fully saturated rings. The summed E-state index contributed by atoms with van der Waals surface area (Å²) in [6.45, 7) is 3.70. The Morgan fingerprint density at radius 3 is 2.88 bits per heavy atom. The number of aryl methyl sites for hydroxylation is 1. The maximum atomic E-state index is 12.2. The van der Waals surface area contributed by atoms with Crippen molar-refractivity contribution in [3.05, 3.63) is 34.7 Å². The van der Waals surface area contributed by atoms with Crippen molar-refractivity contribution in [3.63, 3.8) is 0 Å². The van der Waals surface area contributed by atoms with Crippen molar-refractivity contribution in [3.8, 4) is 21.9 Å². The van der Waals surface area contributed by atoms with Gasteiger partial charge in [-0.2, -0.15) is 0 Å². The standard InChI is InChI=1S/C17H20N2O3S.ClH/c1-11-3-4-15(23-11)12-7-13-10-19(16(21)9-18-2)5-6-22-17(13)14(20)8-12;/h3-4,7-8,18,20H,5-6,9-10H2,1-2H3;1H. The highest BCUT2D eigenvalue weighted by molar-refractivity contribution is 7.15. The molecule has 1 aromatic heterocycles. The van der Waals surface area contributed by atoms with Crippen molar-refractivity contribution in [1.29, 1.82) is 0 Å². The molecule has 2 N–H and O–H groups in total. The summed E-state index contributed by atoms with van der Waals surface area (Å²) in [5.74, 6) is 0.647. The predicted octanol–water partition coefficient (Wildman–Crippen LogP) is 2.79. The number of ether oxygens (including phenoxy) is 1. The number of phenols is 1. The van der Waals surface area contributed by atoms with Crippen LogP contribution in [-0.4, -0.2) is 42.7 Å². The molecule has 1 amide bonds. The Labute approximate surface area is 151 Å². The van der Waals surface area contributed by atoms with Crippen LogP contribution in [0.2, 0.25) is 0 Å². The monoisotopic (exact) mass is 368 g/mol. The first-order valence-electron chi connectivity index (χ1n) is 7.56. The number of fused-ring (bicyclic) bond motifs is 1. The third-order valence-electron chi connectivity index (χ3n) is 3.82. The van der Waals surface area contributed by atoms with Crippen LogP contribution in [-0.2, 0) is 11.3 Å². The summed E-state index contributed by atoms with van der Waals surface area (Å²) in [5.41, 5.74) is 1.79. The Morgan fingerprint density at radius 2 is 2.21 bits per heavy atom. The van der Waals surface area contributed by atoms with E-state index in [9.17, 15) is 9.90 Å². The van der Waals surface area contributed by atoms with E-state index in [4.69, 9.17) is 4.74 Å². The molecule has 0 saturated carbocycles. The van der Waals surface area contributed by atoms with Crippen LogP contribution >= 0.6 is 23.7 Å². The summed E-state index contributed by atoms with van der Waals surface area (Å²) in [4.78, 5) is 16.2. The maximum Gasteiger partial charge on any atom is 0.236 e. The summed E-state index contributed by atoms with van der Waals surface area (Å²) >= 11 is 1.68. The molecule has 0 saturated heterocycles. The minimum Gasteiger partial charge on any atom is -0.504 e. The summed E-state index contributed by atoms with van der Waals surface area (Å²) < 4.78 is 5.67. The van der Waals surface area contributed by atoms with E-state index in [0.717, 1.165) is 16.0 Å². The second-order valence-corrected chi connectivity index (χ2v) is 6.88. The fraction of sp³-hybridized carbons (Fsp3) is 0.353. The molecule has 24 heavy (non-hydrogen) atoms. The van der Waals surface area contributed by atoms with Gasteiger partial charge in [0.2, 0.25) is 5.91 Å². The van der Waals surface area contributed by atoms with Crippen LogP contribution in [0.15, 0.2) is 24.3 Å². The number of hydrogen-bond donors (Lipinski definition) is 2. The number of rotatable bonds is 3. The number of halogens is 1. The first kappa shape index (κ1) is 18.6. The van der Waals surface area contributed by atoms with Crippen LogP contribution in [0.4, 0.5) is 0 Å². The van der Waals surface area contributed by atoms with Gasteiger partial charge >= 0.3 is 0 Å². The van der Waals surface area contributed by atoms with Crippen molar-refractivity contribution in [2.75, 3.05) is 26.7 Å². The molecular weight excluding hydrogens is 348 g/mol. The summed E-state index contributed by atoms with van der Waals surface area (Å²) in [6, 6.07) is 7.84. The Bertz CT molecular complexity index is 733. The lowest BCUT2D eigenvalue weighted by atomic mass is 10.1. The summed E-state index contributed by atoms with van der Waals surface area (Å²) in [7, 11) is 1.75. The van der Waals surface area contributed by atoms with Crippen molar-refractivity contribution in [2.24, 2.45) is 0 Å². The van der Waals surface area contributed by atoms with Crippen molar-refractivity contribution in [2.45, 2.75) is 13.5 Å². The van der Waals surface area contributed by atoms with E-state index in [1.807, 2.05) is 12.1 Å². The third-order valence-corrected chi connectivity index (χ3v) is 4.87. The number of benzene rings is 1. The van der Waals surface area contributed by atoms with Crippen LogP contribution in [0.5, 0.6) is 11.5 Å². The smallest absolute Gasteiger partial charge is 0.236 e. The average Bonchev–Trinajstić information content (AvgIpc) is 2.82. The molecule has 1 aliphatic heterocycles. The van der Waals surface area contributed by atoms with Crippen molar-refractivity contribution < 1.29 is 14.6 Å². The number of aromatic hydroxyl groups is 1. The van der Waals surface area contributed by atoms with Gasteiger partial charge in [0.05, 0.1) is 13.1 Å². The third kappa shape index (κ3) is 3.83.